The van der Waals surface area contributed by atoms with Crippen LogP contribution in [-0.2, 0) is 27.5 Å². The van der Waals surface area contributed by atoms with Gasteiger partial charge in [0.2, 0.25) is 0 Å². The summed E-state index contributed by atoms with van der Waals surface area (Å²) in [7, 11) is 0. The van der Waals surface area contributed by atoms with Crippen molar-refractivity contribution in [1.82, 2.24) is 19.9 Å². The molecule has 0 radical (unpaired) electrons. The van der Waals surface area contributed by atoms with Crippen molar-refractivity contribution in [3.05, 3.63) is 47.2 Å². The second kappa shape index (κ2) is 8.29. The minimum absolute atomic E-state index is 0.00221. The van der Waals surface area contributed by atoms with Crippen molar-refractivity contribution in [2.75, 3.05) is 18.1 Å². The second-order valence-electron chi connectivity index (χ2n) is 9.72. The fraction of sp³-hybridized carbons (Fsp3) is 0.520. The Bertz CT molecular complexity index is 1280. The lowest BCUT2D eigenvalue weighted by atomic mass is 9.65. The minimum Gasteiger partial charge on any atom is -0.368 e. The third-order valence-electron chi connectivity index (χ3n) is 7.57. The molecule has 1 N–H and O–H groups in total. The summed E-state index contributed by atoms with van der Waals surface area (Å²) in [4.78, 5) is 31.6. The van der Waals surface area contributed by atoms with Crippen molar-refractivity contribution in [1.29, 1.82) is 0 Å². The molecule has 3 aliphatic rings. The molecule has 5 heterocycles. The molecule has 1 aliphatic carbocycles. The number of carbonyl (C=O) groups is 1. The predicted octanol–water partition coefficient (Wildman–Crippen LogP) is 4.69. The van der Waals surface area contributed by atoms with Gasteiger partial charge in [0.25, 0.3) is 5.91 Å². The van der Waals surface area contributed by atoms with E-state index < -0.39 is 23.3 Å². The van der Waals surface area contributed by atoms with Gasteiger partial charge in [-0.15, -0.1) is 0 Å². The summed E-state index contributed by atoms with van der Waals surface area (Å²) in [6.07, 6.45) is 2.84. The number of aromatic amines is 1. The van der Waals surface area contributed by atoms with E-state index in [0.717, 1.165) is 80.7 Å². The van der Waals surface area contributed by atoms with Gasteiger partial charge in [0, 0.05) is 19.3 Å². The lowest BCUT2D eigenvalue weighted by Gasteiger charge is -2.40. The van der Waals surface area contributed by atoms with Crippen molar-refractivity contribution in [3.63, 3.8) is 0 Å². The van der Waals surface area contributed by atoms with Gasteiger partial charge in [-0.1, -0.05) is 6.42 Å². The normalized spacial score (nSPS) is 22.0. The van der Waals surface area contributed by atoms with Gasteiger partial charge in [0.15, 0.2) is 5.65 Å². The van der Waals surface area contributed by atoms with E-state index in [1.165, 1.54) is 0 Å². The molecule has 1 atom stereocenters. The minimum atomic E-state index is -4.47. The monoisotopic (exact) mass is 485 g/mol. The molecule has 2 aliphatic heterocycles. The van der Waals surface area contributed by atoms with Crippen molar-refractivity contribution in [2.24, 2.45) is 0 Å². The molecule has 2 fully saturated rings. The first-order valence-electron chi connectivity index (χ1n) is 12.2. The number of pyridine rings is 2. The summed E-state index contributed by atoms with van der Waals surface area (Å²) in [6, 6.07) is 4.95. The molecule has 0 spiro atoms. The summed E-state index contributed by atoms with van der Waals surface area (Å²) in [5, 5.41) is 0. The fourth-order valence-corrected chi connectivity index (χ4v) is 5.48. The van der Waals surface area contributed by atoms with Gasteiger partial charge in [-0.25, -0.2) is 9.97 Å². The highest BCUT2D eigenvalue weighted by atomic mass is 19.4. The number of amides is 1. The lowest BCUT2D eigenvalue weighted by Crippen LogP contribution is -2.45. The van der Waals surface area contributed by atoms with E-state index in [1.54, 1.807) is 0 Å². The summed E-state index contributed by atoms with van der Waals surface area (Å²) in [5.74, 6) is 0.597. The number of hydrogen-bond donors (Lipinski definition) is 1. The molecule has 7 nitrogen and oxygen atoms in total. The molecular weight excluding hydrogens is 459 g/mol. The molecule has 1 saturated heterocycles. The molecule has 184 valence electrons. The maximum Gasteiger partial charge on any atom is 0.417 e. The Labute approximate surface area is 200 Å². The van der Waals surface area contributed by atoms with E-state index in [1.807, 2.05) is 17.0 Å². The first-order valence-corrected chi connectivity index (χ1v) is 12.2. The molecule has 3 aromatic heterocycles. The van der Waals surface area contributed by atoms with E-state index in [4.69, 9.17) is 9.72 Å². The van der Waals surface area contributed by atoms with Crippen LogP contribution < -0.4 is 4.90 Å². The maximum absolute atomic E-state index is 13.2. The van der Waals surface area contributed by atoms with E-state index >= 15 is 0 Å². The molecule has 6 rings (SSSR count). The Kier molecular flexibility index (Phi) is 5.32. The van der Waals surface area contributed by atoms with Crippen molar-refractivity contribution < 1.29 is 22.7 Å². The highest BCUT2D eigenvalue weighted by molar-refractivity contribution is 5.97. The van der Waals surface area contributed by atoms with Gasteiger partial charge in [-0.2, -0.15) is 13.2 Å². The lowest BCUT2D eigenvalue weighted by molar-refractivity contribution is -0.137. The highest BCUT2D eigenvalue weighted by Crippen LogP contribution is 2.48. The first kappa shape index (κ1) is 22.5. The van der Waals surface area contributed by atoms with Crippen LogP contribution in [-0.4, -0.2) is 45.1 Å². The Morgan fingerprint density at radius 3 is 2.71 bits per heavy atom. The van der Waals surface area contributed by atoms with Crippen LogP contribution in [0, 0.1) is 0 Å². The number of aromatic nitrogens is 4. The van der Waals surface area contributed by atoms with Crippen LogP contribution in [0.25, 0.3) is 11.2 Å². The van der Waals surface area contributed by atoms with Gasteiger partial charge in [0.05, 0.1) is 33.6 Å². The number of anilines is 1. The maximum atomic E-state index is 13.2. The Hall–Kier alpha value is -3.01. The third-order valence-corrected chi connectivity index (χ3v) is 7.57. The standard InChI is InChI=1S/C25H26F3N5O2/c26-25(27,28)15-13-17-21(29-14-15)32-23(31-17)24(9-4-10-24)20-8-7-18-16(30-20)5-3-11-33(18)22(34)19-6-1-2-12-35-19/h7-8,13-14,19H,1-6,9-12H2,(H,29,31,32)/t19-/m0/s1. The van der Waals surface area contributed by atoms with Crippen molar-refractivity contribution in [3.8, 4) is 0 Å². The summed E-state index contributed by atoms with van der Waals surface area (Å²) >= 11 is 0. The number of fused-ring (bicyclic) bond motifs is 2. The number of nitrogens with zero attached hydrogens (tertiary/aromatic N) is 4. The van der Waals surface area contributed by atoms with Crippen LogP contribution in [0.3, 0.4) is 0 Å². The predicted molar refractivity (Wildman–Crippen MR) is 122 cm³/mol. The van der Waals surface area contributed by atoms with Crippen LogP contribution in [0.4, 0.5) is 18.9 Å². The average molecular weight is 486 g/mol. The fourth-order valence-electron chi connectivity index (χ4n) is 5.48. The average Bonchev–Trinajstić information content (AvgIpc) is 3.26. The number of ether oxygens (including phenoxy) is 1. The SMILES string of the molecule is O=C([C@@H]1CCCCO1)N1CCCc2nc(C3(c4nc5ncc(C(F)(F)F)cc5[nH]4)CCC3)ccc21. The number of alkyl halides is 3. The molecular formula is C25H26F3N5O2. The smallest absolute Gasteiger partial charge is 0.368 e. The first-order chi connectivity index (χ1) is 16.8. The third kappa shape index (κ3) is 3.78. The van der Waals surface area contributed by atoms with Gasteiger partial charge >= 0.3 is 6.18 Å². The Balaban J connectivity index is 1.34. The van der Waals surface area contributed by atoms with Gasteiger partial charge in [0.1, 0.15) is 11.9 Å². The Morgan fingerprint density at radius 1 is 1.14 bits per heavy atom. The summed E-state index contributed by atoms with van der Waals surface area (Å²) in [6.45, 7) is 1.27. The molecule has 1 amide bonds. The highest BCUT2D eigenvalue weighted by Gasteiger charge is 2.45. The van der Waals surface area contributed by atoms with Gasteiger partial charge in [-0.05, 0) is 63.1 Å². The Morgan fingerprint density at radius 2 is 2.00 bits per heavy atom. The van der Waals surface area contributed by atoms with Crippen molar-refractivity contribution >= 4 is 22.8 Å². The molecule has 1 saturated carbocycles. The number of H-pyrrole nitrogens is 1. The zero-order valence-corrected chi connectivity index (χ0v) is 19.2. The number of carbonyl (C=O) groups excluding carboxylic acids is 1. The quantitative estimate of drug-likeness (QED) is 0.582. The van der Waals surface area contributed by atoms with E-state index in [0.29, 0.717) is 19.0 Å². The van der Waals surface area contributed by atoms with Crippen LogP contribution in [0.1, 0.15) is 67.7 Å². The van der Waals surface area contributed by atoms with Crippen LogP contribution in [0.2, 0.25) is 0 Å². The largest absolute Gasteiger partial charge is 0.417 e. The topological polar surface area (TPSA) is 84.0 Å². The van der Waals surface area contributed by atoms with Crippen LogP contribution in [0.5, 0.6) is 0 Å². The van der Waals surface area contributed by atoms with E-state index in [9.17, 15) is 18.0 Å². The number of imidazole rings is 1. The molecule has 35 heavy (non-hydrogen) atoms. The van der Waals surface area contributed by atoms with Crippen LogP contribution in [0.15, 0.2) is 24.4 Å². The van der Waals surface area contributed by atoms with Gasteiger partial charge in [-0.3, -0.25) is 9.78 Å². The molecule has 3 aromatic rings. The van der Waals surface area contributed by atoms with E-state index in [-0.39, 0.29) is 17.1 Å². The zero-order valence-electron chi connectivity index (χ0n) is 19.2. The number of aryl methyl sites for hydroxylation is 1. The molecule has 0 bridgehead atoms. The van der Waals surface area contributed by atoms with Gasteiger partial charge < -0.3 is 14.6 Å². The van der Waals surface area contributed by atoms with Crippen molar-refractivity contribution in [2.45, 2.75) is 69.1 Å². The second-order valence-corrected chi connectivity index (χ2v) is 9.72. The number of nitrogens with one attached hydrogen (secondary N) is 1. The number of rotatable bonds is 3. The summed E-state index contributed by atoms with van der Waals surface area (Å²) in [5.41, 5.74) is 1.77. The van der Waals surface area contributed by atoms with Crippen LogP contribution >= 0.6 is 0 Å². The number of halogens is 3. The number of hydrogen-bond acceptors (Lipinski definition) is 5. The zero-order chi connectivity index (χ0) is 24.2. The van der Waals surface area contributed by atoms with E-state index in [2.05, 4.69) is 15.0 Å². The summed E-state index contributed by atoms with van der Waals surface area (Å²) < 4.78 is 45.2. The molecule has 10 heteroatoms. The molecule has 0 unspecified atom stereocenters. The molecule has 0 aromatic carbocycles.